The monoisotopic (exact) mass is 701 g/mol. The molecule has 0 radical (unpaired) electrons. The SMILES string of the molecule is CCOC(=O)CNC(=O)NCc1ccccc1-c1ccc([C@H]2O[C@@H](CN(C)[C@H](C)c3ccc4ccccc4c3)C[C@@H](c3ccc(CO)cc3)O2)cc1. The molecule has 1 aliphatic rings. The van der Waals surface area contributed by atoms with Gasteiger partial charge in [-0.25, -0.2) is 4.79 Å². The van der Waals surface area contributed by atoms with E-state index in [0.29, 0.717) is 13.0 Å². The molecule has 1 heterocycles. The van der Waals surface area contributed by atoms with E-state index in [1.165, 1.54) is 16.3 Å². The number of aliphatic hydroxyl groups is 1. The Hall–Kier alpha value is -5.06. The third-order valence-corrected chi connectivity index (χ3v) is 9.67. The average Bonchev–Trinajstić information content (AvgIpc) is 3.19. The highest BCUT2D eigenvalue weighted by atomic mass is 16.7. The van der Waals surface area contributed by atoms with Gasteiger partial charge in [0.25, 0.3) is 0 Å². The first-order valence-electron chi connectivity index (χ1n) is 17.9. The number of aliphatic hydroxyl groups excluding tert-OH is 1. The van der Waals surface area contributed by atoms with E-state index in [2.05, 4.69) is 72.0 Å². The first-order chi connectivity index (χ1) is 25.3. The Labute approximate surface area is 305 Å². The van der Waals surface area contributed by atoms with Crippen molar-refractivity contribution in [3.63, 3.8) is 0 Å². The van der Waals surface area contributed by atoms with Gasteiger partial charge in [-0.15, -0.1) is 0 Å². The summed E-state index contributed by atoms with van der Waals surface area (Å²) in [6.45, 7) is 5.01. The van der Waals surface area contributed by atoms with Gasteiger partial charge >= 0.3 is 12.0 Å². The summed E-state index contributed by atoms with van der Waals surface area (Å²) in [6, 6.07) is 38.8. The van der Waals surface area contributed by atoms with E-state index in [1.807, 2.05) is 72.8 Å². The van der Waals surface area contributed by atoms with Crippen LogP contribution < -0.4 is 10.6 Å². The lowest BCUT2D eigenvalue weighted by Crippen LogP contribution is -2.38. The minimum atomic E-state index is -0.584. The average molecular weight is 702 g/mol. The number of nitrogens with zero attached hydrogens (tertiary/aromatic N) is 1. The predicted molar refractivity (Wildman–Crippen MR) is 202 cm³/mol. The molecule has 0 unspecified atom stereocenters. The topological polar surface area (TPSA) is 109 Å². The van der Waals surface area contributed by atoms with Crippen LogP contribution in [0, 0.1) is 0 Å². The van der Waals surface area contributed by atoms with E-state index in [-0.39, 0.29) is 44.6 Å². The molecule has 9 nitrogen and oxygen atoms in total. The van der Waals surface area contributed by atoms with Crippen molar-refractivity contribution in [3.8, 4) is 11.1 Å². The fourth-order valence-corrected chi connectivity index (χ4v) is 6.61. The molecule has 0 bridgehead atoms. The summed E-state index contributed by atoms with van der Waals surface area (Å²) < 4.78 is 18.2. The van der Waals surface area contributed by atoms with E-state index < -0.39 is 18.3 Å². The molecule has 9 heteroatoms. The summed E-state index contributed by atoms with van der Waals surface area (Å²) >= 11 is 0. The molecular formula is C43H47N3O6. The van der Waals surface area contributed by atoms with Crippen LogP contribution in [0.25, 0.3) is 21.9 Å². The minimum Gasteiger partial charge on any atom is -0.465 e. The molecule has 0 spiro atoms. The zero-order valence-electron chi connectivity index (χ0n) is 30.0. The largest absolute Gasteiger partial charge is 0.465 e. The molecule has 3 N–H and O–H groups in total. The lowest BCUT2D eigenvalue weighted by molar-refractivity contribution is -0.253. The van der Waals surface area contributed by atoms with Crippen molar-refractivity contribution in [2.24, 2.45) is 0 Å². The number of rotatable bonds is 13. The zero-order valence-corrected chi connectivity index (χ0v) is 30.0. The number of hydrogen-bond donors (Lipinski definition) is 3. The molecule has 5 aromatic carbocycles. The van der Waals surface area contributed by atoms with Crippen LogP contribution in [-0.4, -0.2) is 54.9 Å². The van der Waals surface area contributed by atoms with Crippen LogP contribution in [0.3, 0.4) is 0 Å². The molecule has 1 fully saturated rings. The van der Waals surface area contributed by atoms with Gasteiger partial charge in [-0.2, -0.15) is 0 Å². The van der Waals surface area contributed by atoms with Crippen molar-refractivity contribution in [1.29, 1.82) is 0 Å². The van der Waals surface area contributed by atoms with E-state index in [1.54, 1.807) is 6.92 Å². The van der Waals surface area contributed by atoms with E-state index >= 15 is 0 Å². The molecule has 52 heavy (non-hydrogen) atoms. The van der Waals surface area contributed by atoms with Crippen LogP contribution in [0.5, 0.6) is 0 Å². The molecule has 5 aromatic rings. The number of fused-ring (bicyclic) bond motifs is 1. The number of carbonyl (C=O) groups is 2. The van der Waals surface area contributed by atoms with Gasteiger partial charge in [-0.05, 0) is 71.1 Å². The van der Waals surface area contributed by atoms with Crippen LogP contribution in [0.15, 0.2) is 115 Å². The Morgan fingerprint density at radius 2 is 1.58 bits per heavy atom. The van der Waals surface area contributed by atoms with Crippen molar-refractivity contribution >= 4 is 22.8 Å². The Balaban J connectivity index is 1.17. The van der Waals surface area contributed by atoms with Crippen LogP contribution in [0.1, 0.15) is 66.5 Å². The third kappa shape index (κ3) is 9.23. The number of nitrogens with one attached hydrogen (secondary N) is 2. The van der Waals surface area contributed by atoms with Crippen molar-refractivity contribution in [3.05, 3.63) is 143 Å². The van der Waals surface area contributed by atoms with E-state index in [0.717, 1.165) is 33.4 Å². The number of esters is 1. The normalized spacial score (nSPS) is 17.8. The summed E-state index contributed by atoms with van der Waals surface area (Å²) in [5, 5.41) is 17.4. The summed E-state index contributed by atoms with van der Waals surface area (Å²) in [6.07, 6.45) is -0.187. The van der Waals surface area contributed by atoms with Gasteiger partial charge < -0.3 is 30.0 Å². The van der Waals surface area contributed by atoms with Gasteiger partial charge in [-0.1, -0.05) is 109 Å². The number of ether oxygens (including phenoxy) is 3. The lowest BCUT2D eigenvalue weighted by atomic mass is 9.97. The first-order valence-corrected chi connectivity index (χ1v) is 17.9. The minimum absolute atomic E-state index is 0.00809. The van der Waals surface area contributed by atoms with Crippen molar-refractivity contribution in [2.75, 3.05) is 26.7 Å². The number of urea groups is 1. The van der Waals surface area contributed by atoms with Crippen LogP contribution >= 0.6 is 0 Å². The quantitative estimate of drug-likeness (QED) is 0.109. The Kier molecular flexibility index (Phi) is 12.3. The van der Waals surface area contributed by atoms with Gasteiger partial charge in [0, 0.05) is 31.1 Å². The maximum absolute atomic E-state index is 12.3. The summed E-state index contributed by atoms with van der Waals surface area (Å²) in [5.41, 5.74) is 6.96. The third-order valence-electron chi connectivity index (χ3n) is 9.67. The smallest absolute Gasteiger partial charge is 0.325 e. The first kappa shape index (κ1) is 36.7. The Morgan fingerprint density at radius 1 is 0.865 bits per heavy atom. The highest BCUT2D eigenvalue weighted by molar-refractivity contribution is 5.83. The molecule has 2 amide bonds. The van der Waals surface area contributed by atoms with Crippen LogP contribution in [-0.2, 0) is 32.2 Å². The maximum Gasteiger partial charge on any atom is 0.325 e. The molecule has 270 valence electrons. The highest BCUT2D eigenvalue weighted by Gasteiger charge is 2.33. The van der Waals surface area contributed by atoms with Crippen molar-refractivity contribution in [2.45, 2.75) is 58.0 Å². The molecule has 0 aliphatic carbocycles. The summed E-state index contributed by atoms with van der Waals surface area (Å²) in [5.74, 6) is -0.482. The van der Waals surface area contributed by atoms with Crippen molar-refractivity contribution < 1.29 is 28.9 Å². The van der Waals surface area contributed by atoms with Crippen LogP contribution in [0.4, 0.5) is 4.79 Å². The standard InChI is InChI=1S/C43H47N3O6/c1-4-50-41(48)26-45-43(49)44-25-37-11-7-8-12-39(37)32-18-20-34(21-19-32)42-51-38(24-40(52-42)33-15-13-30(28-47)14-16-33)27-46(3)29(2)35-22-17-31-9-5-6-10-36(31)23-35/h5-23,29,38,40,42,47H,4,24-28H2,1-3H3,(H2,44,45,49)/t29-,38-,40+,42+/m1/s1. The van der Waals surface area contributed by atoms with Gasteiger partial charge in [0.1, 0.15) is 6.54 Å². The van der Waals surface area contributed by atoms with Crippen LogP contribution in [0.2, 0.25) is 0 Å². The predicted octanol–water partition coefficient (Wildman–Crippen LogP) is 7.60. The van der Waals surface area contributed by atoms with Gasteiger partial charge in [0.2, 0.25) is 0 Å². The molecule has 4 atom stereocenters. The Morgan fingerprint density at radius 3 is 2.33 bits per heavy atom. The number of hydrogen-bond acceptors (Lipinski definition) is 7. The van der Waals surface area contributed by atoms with Gasteiger partial charge in [0.05, 0.1) is 25.4 Å². The molecular weight excluding hydrogens is 654 g/mol. The zero-order chi connectivity index (χ0) is 36.5. The number of carbonyl (C=O) groups excluding carboxylic acids is 2. The van der Waals surface area contributed by atoms with Crippen molar-refractivity contribution in [1.82, 2.24) is 15.5 Å². The lowest BCUT2D eigenvalue weighted by Gasteiger charge is -2.39. The Bertz CT molecular complexity index is 1950. The number of amides is 2. The molecule has 1 saturated heterocycles. The second kappa shape index (κ2) is 17.4. The fraction of sp³-hybridized carbons (Fsp3) is 0.302. The highest BCUT2D eigenvalue weighted by Crippen LogP contribution is 2.39. The molecule has 1 aliphatic heterocycles. The van der Waals surface area contributed by atoms with E-state index in [9.17, 15) is 14.7 Å². The number of likely N-dealkylation sites (N-methyl/N-ethyl adjacent to an activating group) is 1. The van der Waals surface area contributed by atoms with E-state index in [4.69, 9.17) is 14.2 Å². The van der Waals surface area contributed by atoms with Gasteiger partial charge in [0.15, 0.2) is 6.29 Å². The maximum atomic E-state index is 12.3. The fourth-order valence-electron chi connectivity index (χ4n) is 6.61. The summed E-state index contributed by atoms with van der Waals surface area (Å²) in [4.78, 5) is 26.3. The van der Waals surface area contributed by atoms with Gasteiger partial charge in [-0.3, -0.25) is 9.69 Å². The second-order valence-electron chi connectivity index (χ2n) is 13.2. The number of benzene rings is 5. The second-order valence-corrected chi connectivity index (χ2v) is 13.2. The molecule has 0 saturated carbocycles. The molecule has 0 aromatic heterocycles. The molecule has 6 rings (SSSR count). The summed E-state index contributed by atoms with van der Waals surface area (Å²) in [7, 11) is 2.14.